The Morgan fingerprint density at radius 2 is 1.87 bits per heavy atom. The molecule has 1 saturated carbocycles. The average Bonchev–Trinajstić information content (AvgIpc) is 3.78. The van der Waals surface area contributed by atoms with Crippen LogP contribution in [-0.2, 0) is 39.8 Å². The lowest BCUT2D eigenvalue weighted by molar-refractivity contribution is -0.953. The molecular weight excluding hydrogens is 688 g/mol. The van der Waals surface area contributed by atoms with Gasteiger partial charge in [0, 0.05) is 67.5 Å². The number of fused-ring (bicyclic) bond motifs is 3. The number of cyclic esters (lactones) is 1. The van der Waals surface area contributed by atoms with Gasteiger partial charge in [0.1, 0.15) is 36.6 Å². The van der Waals surface area contributed by atoms with Crippen LogP contribution in [0.3, 0.4) is 0 Å². The highest BCUT2D eigenvalue weighted by Crippen LogP contribution is 2.61. The van der Waals surface area contributed by atoms with Crippen molar-refractivity contribution in [2.45, 2.75) is 89.3 Å². The number of esters is 3. The van der Waals surface area contributed by atoms with Crippen LogP contribution in [0.2, 0.25) is 0 Å². The van der Waals surface area contributed by atoms with Crippen LogP contribution < -0.4 is 0 Å². The molecule has 0 amide bonds. The van der Waals surface area contributed by atoms with Crippen LogP contribution in [0.25, 0.3) is 0 Å². The van der Waals surface area contributed by atoms with Crippen molar-refractivity contribution >= 4 is 17.9 Å². The van der Waals surface area contributed by atoms with Crippen molar-refractivity contribution < 1.29 is 47.7 Å². The minimum atomic E-state index is -0.992. The number of benzene rings is 1. The van der Waals surface area contributed by atoms with Crippen molar-refractivity contribution in [1.29, 1.82) is 0 Å². The zero-order valence-corrected chi connectivity index (χ0v) is 32.1. The second kappa shape index (κ2) is 14.5. The number of quaternary nitrogens is 1. The molecule has 12 atom stereocenters. The number of rotatable bonds is 8. The predicted octanol–water partition coefficient (Wildman–Crippen LogP) is 4.16. The van der Waals surface area contributed by atoms with Gasteiger partial charge in [-0.05, 0) is 44.4 Å². The zero-order chi connectivity index (χ0) is 37.9. The Morgan fingerprint density at radius 1 is 1.11 bits per heavy atom. The molecular formula is C43H55N2O9+. The maximum absolute atomic E-state index is 13.9. The molecule has 5 heterocycles. The van der Waals surface area contributed by atoms with E-state index in [0.717, 1.165) is 61.4 Å². The number of ether oxygens (including phenoxy) is 5. The summed E-state index contributed by atoms with van der Waals surface area (Å²) >= 11 is 0. The largest absolute Gasteiger partial charge is 0.456 e. The van der Waals surface area contributed by atoms with Gasteiger partial charge in [0.2, 0.25) is 0 Å². The first-order valence-corrected chi connectivity index (χ1v) is 19.8. The Labute approximate surface area is 318 Å². The highest BCUT2D eigenvalue weighted by atomic mass is 16.6. The SMILES string of the molecule is CO[C@H]1CC2C=C[C@H]3[C@H]4O[C@]2(/C(C)=C/[C@@H](C)[C@@H]([C@@H](C)OC(=O)c2cccc(C[N+]56CCN(CC5)CC6)c2)OC1=O)[C@@H]3[C@H](O)[C@@H](C)[C@H]4OC(=O)C1=CC=CC1. The average molecular weight is 744 g/mol. The summed E-state index contributed by atoms with van der Waals surface area (Å²) in [5, 5.41) is 12.0. The number of nitrogens with zero attached hydrogens (tertiary/aromatic N) is 2. The van der Waals surface area contributed by atoms with E-state index in [4.69, 9.17) is 23.7 Å². The molecule has 6 bridgehead atoms. The monoisotopic (exact) mass is 743 g/mol. The number of piperazine rings is 3. The molecule has 11 nitrogen and oxygen atoms in total. The maximum atomic E-state index is 13.9. The molecule has 290 valence electrons. The van der Waals surface area contributed by atoms with E-state index in [1.807, 2.05) is 51.1 Å². The molecule has 1 spiro atoms. The quantitative estimate of drug-likeness (QED) is 0.180. The van der Waals surface area contributed by atoms with Crippen LogP contribution in [0.1, 0.15) is 56.5 Å². The molecule has 11 heteroatoms. The number of carbonyl (C=O) groups is 3. The molecule has 8 aliphatic rings. The van der Waals surface area contributed by atoms with Crippen LogP contribution in [0.15, 0.2) is 71.9 Å². The van der Waals surface area contributed by atoms with Crippen LogP contribution in [0, 0.1) is 29.6 Å². The summed E-state index contributed by atoms with van der Waals surface area (Å²) in [5.74, 6) is -3.07. The van der Waals surface area contributed by atoms with Crippen LogP contribution in [0.5, 0.6) is 0 Å². The van der Waals surface area contributed by atoms with Gasteiger partial charge in [-0.15, -0.1) is 0 Å². The van der Waals surface area contributed by atoms with Gasteiger partial charge in [0.05, 0.1) is 31.3 Å². The van der Waals surface area contributed by atoms with E-state index in [2.05, 4.69) is 23.1 Å². The number of aliphatic hydroxyl groups excluding tert-OH is 1. The number of methoxy groups -OCH3 is 1. The fourth-order valence-electron chi connectivity index (χ4n) is 10.7. The van der Waals surface area contributed by atoms with Crippen molar-refractivity contribution in [2.75, 3.05) is 46.4 Å². The summed E-state index contributed by atoms with van der Waals surface area (Å²) in [6.45, 7) is 15.2. The molecule has 1 aromatic rings. The Hall–Kier alpha value is -3.61. The molecule has 3 aliphatic carbocycles. The highest BCUT2D eigenvalue weighted by molar-refractivity contribution is 5.90. The van der Waals surface area contributed by atoms with E-state index in [0.29, 0.717) is 17.6 Å². The molecule has 5 aliphatic heterocycles. The van der Waals surface area contributed by atoms with Gasteiger partial charge >= 0.3 is 17.9 Å². The number of hydrogen-bond acceptors (Lipinski definition) is 10. The molecule has 0 radical (unpaired) electrons. The van der Waals surface area contributed by atoms with Crippen molar-refractivity contribution in [3.05, 3.63) is 83.0 Å². The normalized spacial score (nSPS) is 42.3. The number of carbonyl (C=O) groups excluding carboxylic acids is 3. The van der Waals surface area contributed by atoms with Crippen LogP contribution in [0.4, 0.5) is 0 Å². The molecule has 0 aromatic heterocycles. The standard InChI is InChI=1S/C43H55N2O9/c1-25-21-26(2)43-32(13-14-33-35(43)36(46)27(3)38(39(33)54-43)53-40(47)30-10-6-7-11-30)23-34(50-5)42(49)52-37(25)28(4)51-41(48)31-12-8-9-29(22-31)24-45-18-15-44(16-19-45)17-20-45/h6-10,12-14,21-22,25,27-28,32-39,46H,11,15-20,23-24H2,1-5H3/q+1/b26-21+/t25-,27-,28-,32?,33-,34+,35+,36-,37+,38-,39-,43+/m1/s1. The summed E-state index contributed by atoms with van der Waals surface area (Å²) in [7, 11) is 1.49. The predicted molar refractivity (Wildman–Crippen MR) is 199 cm³/mol. The van der Waals surface area contributed by atoms with Crippen LogP contribution >= 0.6 is 0 Å². The van der Waals surface area contributed by atoms with Gasteiger partial charge in [0.25, 0.3) is 0 Å². The van der Waals surface area contributed by atoms with E-state index in [1.165, 1.54) is 7.11 Å². The molecule has 5 fully saturated rings. The summed E-state index contributed by atoms with van der Waals surface area (Å²) < 4.78 is 32.4. The van der Waals surface area contributed by atoms with Crippen molar-refractivity contribution in [3.8, 4) is 0 Å². The van der Waals surface area contributed by atoms with Crippen molar-refractivity contribution in [2.24, 2.45) is 29.6 Å². The Morgan fingerprint density at radius 3 is 2.57 bits per heavy atom. The first-order valence-electron chi connectivity index (χ1n) is 19.8. The molecule has 1 N–H and O–H groups in total. The van der Waals surface area contributed by atoms with Gasteiger partial charge in [-0.1, -0.05) is 62.4 Å². The fraction of sp³-hybridized carbons (Fsp3) is 0.605. The molecule has 4 saturated heterocycles. The van der Waals surface area contributed by atoms with Gasteiger partial charge in [-0.3, -0.25) is 4.90 Å². The van der Waals surface area contributed by atoms with E-state index in [-0.39, 0.29) is 30.1 Å². The lowest BCUT2D eigenvalue weighted by Gasteiger charge is -2.50. The first kappa shape index (κ1) is 37.3. The van der Waals surface area contributed by atoms with Gasteiger partial charge < -0.3 is 33.3 Å². The minimum absolute atomic E-state index is 0.203. The topological polar surface area (TPSA) is 121 Å². The third-order valence-electron chi connectivity index (χ3n) is 13.8. The van der Waals surface area contributed by atoms with E-state index in [1.54, 1.807) is 19.1 Å². The second-order valence-electron chi connectivity index (χ2n) is 16.9. The Kier molecular flexibility index (Phi) is 10.0. The third kappa shape index (κ3) is 6.39. The fourth-order valence-corrected chi connectivity index (χ4v) is 10.7. The number of allylic oxidation sites excluding steroid dienone is 3. The molecule has 54 heavy (non-hydrogen) atoms. The van der Waals surface area contributed by atoms with Crippen molar-refractivity contribution in [1.82, 2.24) is 4.90 Å². The van der Waals surface area contributed by atoms with Gasteiger partial charge in [-0.25, -0.2) is 14.4 Å². The lowest BCUT2D eigenvalue weighted by Crippen LogP contribution is -2.66. The molecule has 1 aromatic carbocycles. The van der Waals surface area contributed by atoms with Gasteiger partial charge in [-0.2, -0.15) is 0 Å². The van der Waals surface area contributed by atoms with E-state index < -0.39 is 66.1 Å². The third-order valence-corrected chi connectivity index (χ3v) is 13.8. The smallest absolute Gasteiger partial charge is 0.338 e. The summed E-state index contributed by atoms with van der Waals surface area (Å²) in [6.07, 6.45) is 7.91. The number of hydrogen-bond donors (Lipinski definition) is 1. The zero-order valence-electron chi connectivity index (χ0n) is 32.1. The van der Waals surface area contributed by atoms with Gasteiger partial charge in [0.15, 0.2) is 6.10 Å². The molecule has 1 unspecified atom stereocenters. The number of aliphatic hydroxyl groups is 1. The Bertz CT molecular complexity index is 1760. The van der Waals surface area contributed by atoms with E-state index in [9.17, 15) is 19.5 Å². The van der Waals surface area contributed by atoms with E-state index >= 15 is 0 Å². The molecule has 9 rings (SSSR count). The summed E-state index contributed by atoms with van der Waals surface area (Å²) in [5.41, 5.74) is 2.06. The Balaban J connectivity index is 1.05. The van der Waals surface area contributed by atoms with Crippen molar-refractivity contribution in [3.63, 3.8) is 0 Å². The summed E-state index contributed by atoms with van der Waals surface area (Å²) in [4.78, 5) is 43.3. The first-order chi connectivity index (χ1) is 25.9. The summed E-state index contributed by atoms with van der Waals surface area (Å²) in [6, 6.07) is 7.72. The minimum Gasteiger partial charge on any atom is -0.456 e. The second-order valence-corrected chi connectivity index (χ2v) is 16.9. The highest BCUT2D eigenvalue weighted by Gasteiger charge is 2.69. The maximum Gasteiger partial charge on any atom is 0.338 e. The lowest BCUT2D eigenvalue weighted by atomic mass is 9.57. The van der Waals surface area contributed by atoms with Crippen LogP contribution in [-0.4, -0.2) is 121 Å².